The summed E-state index contributed by atoms with van der Waals surface area (Å²) in [6.07, 6.45) is 6.65. The van der Waals surface area contributed by atoms with Gasteiger partial charge in [-0.25, -0.2) is 9.78 Å². The number of piperidine rings is 1. The largest absolute Gasteiger partial charge is 0.371 e. The molecule has 1 aliphatic carbocycles. The van der Waals surface area contributed by atoms with Gasteiger partial charge in [-0.2, -0.15) is 5.26 Å². The fourth-order valence-corrected chi connectivity index (χ4v) is 8.50. The molecule has 262 valence electrons. The summed E-state index contributed by atoms with van der Waals surface area (Å²) in [6, 6.07) is 12.3. The lowest BCUT2D eigenvalue weighted by Crippen LogP contribution is -2.53. The van der Waals surface area contributed by atoms with E-state index in [9.17, 15) is 19.6 Å². The van der Waals surface area contributed by atoms with Crippen LogP contribution in [0.4, 0.5) is 16.3 Å². The number of hydrogen-bond acceptors (Lipinski definition) is 9. The van der Waals surface area contributed by atoms with Crippen molar-refractivity contribution in [2.45, 2.75) is 64.5 Å². The highest BCUT2D eigenvalue weighted by atomic mass is 16.2. The number of nitrogens with zero attached hydrogens (tertiary/aromatic N) is 7. The number of rotatable bonds is 6. The zero-order valence-corrected chi connectivity index (χ0v) is 29.5. The number of urea groups is 1. The van der Waals surface area contributed by atoms with Crippen LogP contribution < -0.4 is 15.1 Å². The minimum absolute atomic E-state index is 0.0590. The molecule has 4 aliphatic rings. The van der Waals surface area contributed by atoms with Crippen molar-refractivity contribution in [3.05, 3.63) is 81.9 Å². The maximum Gasteiger partial charge on any atom is 0.329 e. The fraction of sp³-hybridized carbons (Fsp3) is 0.436. The SMILES string of the molecule is CCc1cc2c(cc1N1CCC(N3CCN(Cc4cnc(N5CCC(=O)NC5=O)cn4)CC3)CC1)C(C)(C)c1[nH]c3cc(C#N)ccc3c1C2=O. The Balaban J connectivity index is 0.905. The monoisotopic (exact) mass is 685 g/mol. The third-order valence-corrected chi connectivity index (χ3v) is 11.4. The molecule has 0 atom stereocenters. The summed E-state index contributed by atoms with van der Waals surface area (Å²) in [6.45, 7) is 13.5. The molecule has 3 aliphatic heterocycles. The van der Waals surface area contributed by atoms with Crippen LogP contribution in [-0.2, 0) is 23.2 Å². The highest BCUT2D eigenvalue weighted by Crippen LogP contribution is 2.46. The highest BCUT2D eigenvalue weighted by molar-refractivity contribution is 6.20. The highest BCUT2D eigenvalue weighted by Gasteiger charge is 2.41. The first-order chi connectivity index (χ1) is 24.6. The van der Waals surface area contributed by atoms with Gasteiger partial charge < -0.3 is 9.88 Å². The third kappa shape index (κ3) is 5.84. The molecule has 2 N–H and O–H groups in total. The Morgan fingerprint density at radius 2 is 1.75 bits per heavy atom. The lowest BCUT2D eigenvalue weighted by Gasteiger charge is -2.44. The van der Waals surface area contributed by atoms with Gasteiger partial charge in [0.05, 0.1) is 35.3 Å². The molecule has 2 aromatic heterocycles. The van der Waals surface area contributed by atoms with Crippen LogP contribution in [0.1, 0.15) is 84.0 Å². The van der Waals surface area contributed by atoms with Gasteiger partial charge in [0.2, 0.25) is 5.91 Å². The number of fused-ring (bicyclic) bond motifs is 4. The number of imide groups is 1. The summed E-state index contributed by atoms with van der Waals surface area (Å²) >= 11 is 0. The standard InChI is InChI=1S/C39H43N9O3/c1-4-25-18-29-30(39(2,3)37-35(36(29)50)28-6-5-24(20-40)17-31(28)43-37)19-32(25)47-10-7-27(8-11-47)46-15-13-45(14-16-46)23-26-21-42-33(22-41-26)48-12-9-34(49)44-38(48)51/h5-6,17-19,21-22,27,43H,4,7-16,23H2,1-3H3,(H,44,49,51). The minimum atomic E-state index is -0.453. The second-order valence-corrected chi connectivity index (χ2v) is 14.7. The van der Waals surface area contributed by atoms with E-state index in [-0.39, 0.29) is 18.1 Å². The molecule has 12 nitrogen and oxygen atoms in total. The fourth-order valence-electron chi connectivity index (χ4n) is 8.50. The molecule has 8 rings (SSSR count). The van der Waals surface area contributed by atoms with Crippen LogP contribution in [0.3, 0.4) is 0 Å². The maximum absolute atomic E-state index is 14.1. The van der Waals surface area contributed by atoms with Crippen LogP contribution in [0, 0.1) is 11.3 Å². The van der Waals surface area contributed by atoms with Crippen molar-refractivity contribution < 1.29 is 14.4 Å². The van der Waals surface area contributed by atoms with Crippen LogP contribution in [0.5, 0.6) is 0 Å². The van der Waals surface area contributed by atoms with E-state index in [4.69, 9.17) is 0 Å². The van der Waals surface area contributed by atoms with E-state index in [1.54, 1.807) is 18.5 Å². The maximum atomic E-state index is 14.1. The Hall–Kier alpha value is -5.12. The molecule has 3 saturated heterocycles. The minimum Gasteiger partial charge on any atom is -0.371 e. The average Bonchev–Trinajstić information content (AvgIpc) is 3.55. The van der Waals surface area contributed by atoms with E-state index in [2.05, 4.69) is 73.9 Å². The smallest absolute Gasteiger partial charge is 0.329 e. The average molecular weight is 686 g/mol. The third-order valence-electron chi connectivity index (χ3n) is 11.4. The Labute approximate surface area is 297 Å². The number of aromatic amines is 1. The van der Waals surface area contributed by atoms with E-state index < -0.39 is 11.4 Å². The predicted octanol–water partition coefficient (Wildman–Crippen LogP) is 4.50. The second kappa shape index (κ2) is 12.9. The molecule has 3 amide bonds. The molecule has 4 aromatic rings. The summed E-state index contributed by atoms with van der Waals surface area (Å²) < 4.78 is 0. The van der Waals surface area contributed by atoms with Crippen molar-refractivity contribution in [3.63, 3.8) is 0 Å². The number of anilines is 2. The van der Waals surface area contributed by atoms with Crippen LogP contribution >= 0.6 is 0 Å². The van der Waals surface area contributed by atoms with E-state index in [1.807, 2.05) is 12.1 Å². The molecule has 0 bridgehead atoms. The summed E-state index contributed by atoms with van der Waals surface area (Å²) in [7, 11) is 0. The summed E-state index contributed by atoms with van der Waals surface area (Å²) in [5, 5.41) is 12.7. The Morgan fingerprint density at radius 1 is 0.961 bits per heavy atom. The zero-order chi connectivity index (χ0) is 35.4. The van der Waals surface area contributed by atoms with Crippen molar-refractivity contribution in [2.75, 3.05) is 55.6 Å². The Bertz CT molecular complexity index is 2080. The normalized spacial score (nSPS) is 19.9. The van der Waals surface area contributed by atoms with E-state index in [1.165, 1.54) is 16.2 Å². The molecule has 12 heteroatoms. The zero-order valence-electron chi connectivity index (χ0n) is 29.5. The van der Waals surface area contributed by atoms with Gasteiger partial charge in [0, 0.05) is 98.1 Å². The number of hydrogen-bond donors (Lipinski definition) is 2. The topological polar surface area (TPSA) is 142 Å². The molecule has 3 fully saturated rings. The number of piperazine rings is 1. The van der Waals surface area contributed by atoms with Gasteiger partial charge in [-0.05, 0) is 54.7 Å². The number of amides is 3. The number of carbonyl (C=O) groups is 3. The van der Waals surface area contributed by atoms with Crippen molar-refractivity contribution in [2.24, 2.45) is 0 Å². The van der Waals surface area contributed by atoms with E-state index >= 15 is 0 Å². The summed E-state index contributed by atoms with van der Waals surface area (Å²) in [5.41, 5.74) is 7.84. The van der Waals surface area contributed by atoms with Gasteiger partial charge in [-0.15, -0.1) is 0 Å². The number of H-pyrrole nitrogens is 1. The predicted molar refractivity (Wildman–Crippen MR) is 194 cm³/mol. The van der Waals surface area contributed by atoms with Crippen molar-refractivity contribution in [1.82, 2.24) is 30.1 Å². The van der Waals surface area contributed by atoms with Crippen molar-refractivity contribution >= 4 is 40.1 Å². The Morgan fingerprint density at radius 3 is 2.43 bits per heavy atom. The molecule has 0 unspecified atom stereocenters. The number of nitrogens with one attached hydrogen (secondary N) is 2. The first-order valence-corrected chi connectivity index (χ1v) is 18.1. The molecule has 0 spiro atoms. The van der Waals surface area contributed by atoms with E-state index in [0.29, 0.717) is 30.5 Å². The number of aryl methyl sites for hydroxylation is 1. The van der Waals surface area contributed by atoms with Gasteiger partial charge >= 0.3 is 6.03 Å². The van der Waals surface area contributed by atoms with Gasteiger partial charge in [-0.1, -0.05) is 26.8 Å². The van der Waals surface area contributed by atoms with Gasteiger partial charge in [0.15, 0.2) is 11.6 Å². The number of carbonyl (C=O) groups excluding carboxylic acids is 3. The van der Waals surface area contributed by atoms with Gasteiger partial charge in [0.25, 0.3) is 0 Å². The first-order valence-electron chi connectivity index (χ1n) is 18.1. The molecule has 5 heterocycles. The summed E-state index contributed by atoms with van der Waals surface area (Å²) in [4.78, 5) is 59.3. The summed E-state index contributed by atoms with van der Waals surface area (Å²) in [5.74, 6) is 0.249. The first kappa shape index (κ1) is 33.0. The van der Waals surface area contributed by atoms with Crippen LogP contribution in [0.25, 0.3) is 10.9 Å². The molecule has 2 aromatic carbocycles. The molecular formula is C39H43N9O3. The lowest BCUT2D eigenvalue weighted by molar-refractivity contribution is -0.120. The second-order valence-electron chi connectivity index (χ2n) is 14.7. The number of aromatic nitrogens is 3. The van der Waals surface area contributed by atoms with E-state index in [0.717, 1.165) is 97.5 Å². The number of ketones is 1. The van der Waals surface area contributed by atoms with Crippen LogP contribution in [0.2, 0.25) is 0 Å². The van der Waals surface area contributed by atoms with Gasteiger partial charge in [-0.3, -0.25) is 34.6 Å². The van der Waals surface area contributed by atoms with Crippen LogP contribution in [0.15, 0.2) is 42.7 Å². The molecule has 51 heavy (non-hydrogen) atoms. The number of benzene rings is 2. The van der Waals surface area contributed by atoms with Crippen molar-refractivity contribution in [1.29, 1.82) is 5.26 Å². The molecular weight excluding hydrogens is 642 g/mol. The Kier molecular flexibility index (Phi) is 8.35. The van der Waals surface area contributed by atoms with Crippen LogP contribution in [-0.4, -0.2) is 94.3 Å². The quantitative estimate of drug-likeness (QED) is 0.300. The van der Waals surface area contributed by atoms with Gasteiger partial charge in [0.1, 0.15) is 0 Å². The molecule has 0 saturated carbocycles. The number of nitriles is 1. The molecule has 0 radical (unpaired) electrons. The van der Waals surface area contributed by atoms with Crippen molar-refractivity contribution in [3.8, 4) is 6.07 Å². The lowest BCUT2D eigenvalue weighted by atomic mass is 9.70.